The van der Waals surface area contributed by atoms with Crippen LogP contribution >= 0.6 is 34.8 Å². The standard InChI is InChI=1S/C57H64Cl3NO12/c1-37-47(51-50(72-56(2,3)73-51)43(69-37)29-46(61)57(58,59)60)70-55-53(66-34-42-27-17-8-18-28-42)49(45(36-68-55)63-31-39-21-11-5-12-22-39)71-54-52(65-33-41-25-15-7-16-26-41)48(64-32-40-23-13-6-14-24-40)44(35-67-54)62-30-38-19-9-4-10-20-38/h4-28,37,43-45,47-55,61H,29-36H2,1-3H3/t37-,43+,44-,45-,47+,48?,49?,50?,51?,52?,53?,54+,55+/m1/s1. The number of benzene rings is 5. The molecule has 4 saturated heterocycles. The fraction of sp³-hybridized carbons (Fsp3) is 0.456. The van der Waals surface area contributed by atoms with E-state index in [1.165, 1.54) is 0 Å². The summed E-state index contributed by atoms with van der Waals surface area (Å²) in [7, 11) is 0. The number of nitrogens with one attached hydrogen (secondary N) is 1. The average Bonchev–Trinajstić information content (AvgIpc) is 3.74. The number of fused-ring (bicyclic) bond motifs is 1. The summed E-state index contributed by atoms with van der Waals surface area (Å²) >= 11 is 18.5. The Morgan fingerprint density at radius 3 is 1.29 bits per heavy atom. The predicted octanol–water partition coefficient (Wildman–Crippen LogP) is 10.5. The van der Waals surface area contributed by atoms with Crippen LogP contribution in [-0.2, 0) is 89.9 Å². The minimum atomic E-state index is -1.92. The Bertz CT molecular complexity index is 2440. The third-order valence-electron chi connectivity index (χ3n) is 13.3. The number of hydrogen-bond acceptors (Lipinski definition) is 13. The van der Waals surface area contributed by atoms with Crippen molar-refractivity contribution in [2.75, 3.05) is 13.2 Å². The lowest BCUT2D eigenvalue weighted by molar-refractivity contribution is -0.364. The van der Waals surface area contributed by atoms with E-state index >= 15 is 0 Å². The highest BCUT2D eigenvalue weighted by atomic mass is 35.6. The van der Waals surface area contributed by atoms with Gasteiger partial charge in [-0.2, -0.15) is 0 Å². The number of hydrogen-bond donors (Lipinski definition) is 1. The molecule has 6 unspecified atom stereocenters. The molecule has 4 fully saturated rings. The number of ether oxygens (including phenoxy) is 12. The van der Waals surface area contributed by atoms with E-state index < -0.39 is 89.3 Å². The van der Waals surface area contributed by atoms with Crippen LogP contribution < -0.4 is 0 Å². The van der Waals surface area contributed by atoms with E-state index in [2.05, 4.69) is 0 Å². The van der Waals surface area contributed by atoms with Crippen LogP contribution in [0.25, 0.3) is 0 Å². The SMILES string of the molecule is C[C@H]1O[C@@H](CC(=N)C(Cl)(Cl)Cl)C2OC(C)(C)OC2[C@H]1O[C@@H]1OC[C@@H](OCc2ccccc2)C(O[C@@H]2OC[C@@H](OCc3ccccc3)C(OCc3ccccc3)C2OCc2ccccc2)C1OCc1ccccc1. The fourth-order valence-corrected chi connectivity index (χ4v) is 9.85. The topological polar surface area (TPSA) is 135 Å². The molecule has 13 nitrogen and oxygen atoms in total. The van der Waals surface area contributed by atoms with Gasteiger partial charge in [0.05, 0.1) is 64.2 Å². The molecule has 16 heteroatoms. The molecule has 0 aromatic heterocycles. The molecule has 5 aromatic carbocycles. The summed E-state index contributed by atoms with van der Waals surface area (Å²) in [6, 6.07) is 49.7. The molecule has 0 bridgehead atoms. The van der Waals surface area contributed by atoms with E-state index in [4.69, 9.17) is 97.1 Å². The van der Waals surface area contributed by atoms with Gasteiger partial charge in [0, 0.05) is 6.42 Å². The molecule has 13 atom stereocenters. The molecular formula is C57H64Cl3NO12. The van der Waals surface area contributed by atoms with E-state index in [1.54, 1.807) is 0 Å². The maximum absolute atomic E-state index is 8.56. The van der Waals surface area contributed by atoms with Crippen molar-refractivity contribution in [1.82, 2.24) is 0 Å². The Morgan fingerprint density at radius 2 is 0.863 bits per heavy atom. The monoisotopic (exact) mass is 1060 g/mol. The molecule has 0 radical (unpaired) electrons. The van der Waals surface area contributed by atoms with Crippen LogP contribution in [0.15, 0.2) is 152 Å². The van der Waals surface area contributed by atoms with Gasteiger partial charge in [-0.3, -0.25) is 0 Å². The Kier molecular flexibility index (Phi) is 18.7. The van der Waals surface area contributed by atoms with Crippen molar-refractivity contribution in [3.05, 3.63) is 179 Å². The normalized spacial score (nSPS) is 30.1. The quantitative estimate of drug-likeness (QED) is 0.0554. The van der Waals surface area contributed by atoms with Gasteiger partial charge >= 0.3 is 0 Å². The zero-order valence-electron chi connectivity index (χ0n) is 41.1. The first kappa shape index (κ1) is 54.0. The molecule has 0 spiro atoms. The van der Waals surface area contributed by atoms with Gasteiger partial charge in [0.25, 0.3) is 0 Å². The summed E-state index contributed by atoms with van der Waals surface area (Å²) in [6.07, 6.45) is -10.1. The maximum Gasteiger partial charge on any atom is 0.228 e. The molecule has 73 heavy (non-hydrogen) atoms. The second-order valence-corrected chi connectivity index (χ2v) is 21.5. The van der Waals surface area contributed by atoms with Crippen LogP contribution in [0, 0.1) is 5.41 Å². The molecule has 0 aliphatic carbocycles. The highest BCUT2D eigenvalue weighted by Gasteiger charge is 2.58. The summed E-state index contributed by atoms with van der Waals surface area (Å²) in [6.45, 7) is 6.96. The first-order valence-corrected chi connectivity index (χ1v) is 26.0. The Hall–Kier alpha value is -3.84. The minimum absolute atomic E-state index is 0.00361. The van der Waals surface area contributed by atoms with Crippen molar-refractivity contribution in [3.63, 3.8) is 0 Å². The van der Waals surface area contributed by atoms with E-state index in [-0.39, 0.29) is 51.8 Å². The first-order valence-electron chi connectivity index (χ1n) is 24.8. The lowest BCUT2D eigenvalue weighted by Gasteiger charge is -2.48. The highest BCUT2D eigenvalue weighted by Crippen LogP contribution is 2.43. The Labute approximate surface area is 442 Å². The van der Waals surface area contributed by atoms with Crippen molar-refractivity contribution >= 4 is 40.5 Å². The second kappa shape index (κ2) is 25.3. The van der Waals surface area contributed by atoms with Crippen molar-refractivity contribution in [2.24, 2.45) is 0 Å². The lowest BCUT2D eigenvalue weighted by atomic mass is 9.92. The smallest absolute Gasteiger partial charge is 0.228 e. The highest BCUT2D eigenvalue weighted by molar-refractivity contribution is 6.76. The van der Waals surface area contributed by atoms with Crippen LogP contribution in [0.1, 0.15) is 55.0 Å². The van der Waals surface area contributed by atoms with Crippen LogP contribution in [0.2, 0.25) is 0 Å². The van der Waals surface area contributed by atoms with Crippen LogP contribution in [0.4, 0.5) is 0 Å². The summed E-state index contributed by atoms with van der Waals surface area (Å²) in [5.74, 6) is -1.03. The van der Waals surface area contributed by atoms with Crippen molar-refractivity contribution in [2.45, 2.75) is 150 Å². The summed E-state index contributed by atoms with van der Waals surface area (Å²) in [5.41, 5.74) is 4.70. The molecule has 390 valence electrons. The van der Waals surface area contributed by atoms with Gasteiger partial charge in [-0.15, -0.1) is 0 Å². The molecule has 9 rings (SSSR count). The van der Waals surface area contributed by atoms with Gasteiger partial charge in [-0.1, -0.05) is 186 Å². The summed E-state index contributed by atoms with van der Waals surface area (Å²) in [4.78, 5) is 0. The summed E-state index contributed by atoms with van der Waals surface area (Å²) < 4.78 is 79.9. The van der Waals surface area contributed by atoms with E-state index in [0.29, 0.717) is 6.61 Å². The molecular weight excluding hydrogens is 997 g/mol. The number of rotatable bonds is 21. The third-order valence-corrected chi connectivity index (χ3v) is 14.0. The minimum Gasteiger partial charge on any atom is -0.369 e. The van der Waals surface area contributed by atoms with Gasteiger partial charge < -0.3 is 62.3 Å². The molecule has 4 aliphatic heterocycles. The molecule has 1 N–H and O–H groups in total. The van der Waals surface area contributed by atoms with Gasteiger partial charge in [-0.25, -0.2) is 0 Å². The number of halogens is 3. The molecule has 4 heterocycles. The van der Waals surface area contributed by atoms with Gasteiger partial charge in [0.2, 0.25) is 3.79 Å². The average molecular weight is 1060 g/mol. The third kappa shape index (κ3) is 14.6. The zero-order chi connectivity index (χ0) is 50.8. The molecule has 0 saturated carbocycles. The van der Waals surface area contributed by atoms with Crippen molar-refractivity contribution in [1.29, 1.82) is 5.41 Å². The van der Waals surface area contributed by atoms with Gasteiger partial charge in [-0.05, 0) is 48.6 Å². The van der Waals surface area contributed by atoms with Crippen molar-refractivity contribution < 1.29 is 56.8 Å². The van der Waals surface area contributed by atoms with Crippen LogP contribution in [-0.4, -0.2) is 108 Å². The molecule has 0 amide bonds. The summed E-state index contributed by atoms with van der Waals surface area (Å²) in [5, 5.41) is 8.56. The maximum atomic E-state index is 8.56. The van der Waals surface area contributed by atoms with E-state index in [1.807, 2.05) is 172 Å². The second-order valence-electron chi connectivity index (χ2n) is 19.2. The van der Waals surface area contributed by atoms with E-state index in [0.717, 1.165) is 27.8 Å². The zero-order valence-corrected chi connectivity index (χ0v) is 43.4. The van der Waals surface area contributed by atoms with Crippen LogP contribution in [0.5, 0.6) is 0 Å². The molecule has 4 aliphatic rings. The number of alkyl halides is 3. The van der Waals surface area contributed by atoms with Gasteiger partial charge in [0.1, 0.15) is 54.9 Å². The van der Waals surface area contributed by atoms with E-state index in [9.17, 15) is 0 Å². The lowest BCUT2D eigenvalue weighted by Crippen LogP contribution is -2.64. The molecule has 5 aromatic rings. The Morgan fingerprint density at radius 1 is 0.507 bits per heavy atom. The van der Waals surface area contributed by atoms with Gasteiger partial charge in [0.15, 0.2) is 18.4 Å². The van der Waals surface area contributed by atoms with Crippen LogP contribution in [0.3, 0.4) is 0 Å². The predicted molar refractivity (Wildman–Crippen MR) is 275 cm³/mol. The first-order chi connectivity index (χ1) is 35.4. The largest absolute Gasteiger partial charge is 0.369 e. The Balaban J connectivity index is 1.05. The van der Waals surface area contributed by atoms with Crippen molar-refractivity contribution in [3.8, 4) is 0 Å². The fourth-order valence-electron chi connectivity index (χ4n) is 9.62.